The van der Waals surface area contributed by atoms with Crippen LogP contribution in [-0.2, 0) is 28.7 Å². The molecule has 0 aliphatic heterocycles. The first-order chi connectivity index (χ1) is 10.9. The van der Waals surface area contributed by atoms with Gasteiger partial charge in [0.25, 0.3) is 0 Å². The topological polar surface area (TPSA) is 151 Å². The molecule has 0 aromatic rings. The number of methoxy groups -OCH3 is 2. The number of hydrogen-bond donors (Lipinski definition) is 4. The Morgan fingerprint density at radius 3 is 1.48 bits per heavy atom. The van der Waals surface area contributed by atoms with E-state index < -0.39 is 54.5 Å². The first kappa shape index (κ1) is 18.8. The highest BCUT2D eigenvalue weighted by Crippen LogP contribution is 2.46. The zero-order valence-electron chi connectivity index (χ0n) is 12.8. The first-order valence-corrected chi connectivity index (χ1v) is 6.85. The molecule has 10 nitrogen and oxygen atoms in total. The summed E-state index contributed by atoms with van der Waals surface area (Å²) in [5.41, 5.74) is -1.44. The van der Waals surface area contributed by atoms with Crippen molar-refractivity contribution in [2.24, 2.45) is 5.41 Å². The van der Waals surface area contributed by atoms with Gasteiger partial charge in [-0.15, -0.1) is 0 Å². The highest BCUT2D eigenvalue weighted by Gasteiger charge is 2.57. The van der Waals surface area contributed by atoms with Gasteiger partial charge >= 0.3 is 11.9 Å². The van der Waals surface area contributed by atoms with Gasteiger partial charge in [-0.3, -0.25) is 9.59 Å². The van der Waals surface area contributed by atoms with Gasteiger partial charge in [-0.05, 0) is 12.8 Å². The second-order valence-corrected chi connectivity index (χ2v) is 5.05. The number of hydrogen-bond acceptors (Lipinski definition) is 8. The zero-order valence-corrected chi connectivity index (χ0v) is 12.8. The maximum absolute atomic E-state index is 12.2. The van der Waals surface area contributed by atoms with Crippen molar-refractivity contribution in [3.05, 3.63) is 0 Å². The molecule has 130 valence electrons. The first-order valence-electron chi connectivity index (χ1n) is 6.85. The van der Waals surface area contributed by atoms with Crippen LogP contribution in [0.5, 0.6) is 0 Å². The third kappa shape index (κ3) is 4.17. The van der Waals surface area contributed by atoms with Gasteiger partial charge in [0.05, 0.1) is 27.4 Å². The molecule has 1 fully saturated rings. The lowest BCUT2D eigenvalue weighted by Crippen LogP contribution is -2.53. The minimum absolute atomic E-state index is 0.212. The lowest BCUT2D eigenvalue weighted by molar-refractivity contribution is -0.150. The van der Waals surface area contributed by atoms with Gasteiger partial charge in [0.15, 0.2) is 12.1 Å². The molecule has 2 amide bonds. The maximum Gasteiger partial charge on any atom is 0.330 e. The fourth-order valence-electron chi connectivity index (χ4n) is 1.92. The summed E-state index contributed by atoms with van der Waals surface area (Å²) in [6.07, 6.45) is 0.423. The summed E-state index contributed by atoms with van der Waals surface area (Å²) >= 11 is 0. The summed E-state index contributed by atoms with van der Waals surface area (Å²) in [6.45, 7) is -1.37. The minimum Gasteiger partial charge on any atom is -0.467 e. The van der Waals surface area contributed by atoms with Crippen molar-refractivity contribution < 1.29 is 38.9 Å². The molecule has 0 spiro atoms. The number of carbonyl (C=O) groups excluding carboxylic acids is 4. The molecule has 0 bridgehead atoms. The molecule has 4 N–H and O–H groups in total. The minimum atomic E-state index is -1.44. The van der Waals surface area contributed by atoms with Crippen LogP contribution in [0, 0.1) is 5.41 Å². The van der Waals surface area contributed by atoms with Crippen LogP contribution in [0.25, 0.3) is 0 Å². The van der Waals surface area contributed by atoms with E-state index in [-0.39, 0.29) is 12.8 Å². The van der Waals surface area contributed by atoms with Gasteiger partial charge in [0, 0.05) is 0 Å². The molecule has 0 saturated heterocycles. The molecule has 0 unspecified atom stereocenters. The predicted octanol–water partition coefficient (Wildman–Crippen LogP) is -2.93. The second kappa shape index (κ2) is 7.88. The molecule has 0 aromatic carbocycles. The van der Waals surface area contributed by atoms with Crippen molar-refractivity contribution in [2.75, 3.05) is 27.4 Å². The predicted molar refractivity (Wildman–Crippen MR) is 73.7 cm³/mol. The molecule has 1 aliphatic carbocycles. The molecule has 0 heterocycles. The fraction of sp³-hybridized carbons (Fsp3) is 0.692. The average Bonchev–Trinajstić information content (AvgIpc) is 3.37. The van der Waals surface area contributed by atoms with E-state index >= 15 is 0 Å². The maximum atomic E-state index is 12.2. The van der Waals surface area contributed by atoms with Crippen molar-refractivity contribution in [1.29, 1.82) is 0 Å². The van der Waals surface area contributed by atoms with Crippen molar-refractivity contribution in [2.45, 2.75) is 24.9 Å². The van der Waals surface area contributed by atoms with Crippen LogP contribution in [0.1, 0.15) is 12.8 Å². The van der Waals surface area contributed by atoms with Gasteiger partial charge in [-0.1, -0.05) is 0 Å². The summed E-state index contributed by atoms with van der Waals surface area (Å²) in [7, 11) is 2.19. The van der Waals surface area contributed by atoms with E-state index in [1.54, 1.807) is 0 Å². The quantitative estimate of drug-likeness (QED) is 0.272. The highest BCUT2D eigenvalue weighted by atomic mass is 16.5. The number of aliphatic hydroxyl groups is 2. The molecular formula is C13H20N2O8. The van der Waals surface area contributed by atoms with Gasteiger partial charge in [-0.2, -0.15) is 0 Å². The Kier molecular flexibility index (Phi) is 6.46. The Morgan fingerprint density at radius 2 is 1.26 bits per heavy atom. The third-order valence-corrected chi connectivity index (χ3v) is 3.57. The molecule has 2 atom stereocenters. The number of nitrogens with one attached hydrogen (secondary N) is 2. The van der Waals surface area contributed by atoms with E-state index in [9.17, 15) is 19.2 Å². The highest BCUT2D eigenvalue weighted by molar-refractivity contribution is 6.09. The van der Waals surface area contributed by atoms with Crippen LogP contribution in [0.2, 0.25) is 0 Å². The van der Waals surface area contributed by atoms with E-state index in [0.717, 1.165) is 14.2 Å². The van der Waals surface area contributed by atoms with Crippen LogP contribution in [0.15, 0.2) is 0 Å². The van der Waals surface area contributed by atoms with Crippen molar-refractivity contribution in [1.82, 2.24) is 10.6 Å². The van der Waals surface area contributed by atoms with E-state index in [4.69, 9.17) is 10.2 Å². The summed E-state index contributed by atoms with van der Waals surface area (Å²) in [4.78, 5) is 47.1. The number of aliphatic hydroxyl groups excluding tert-OH is 2. The Balaban J connectivity index is 2.74. The normalized spacial score (nSPS) is 17.4. The third-order valence-electron chi connectivity index (χ3n) is 3.57. The van der Waals surface area contributed by atoms with Gasteiger partial charge in [0.2, 0.25) is 11.8 Å². The van der Waals surface area contributed by atoms with Gasteiger partial charge in [-0.25, -0.2) is 9.59 Å². The van der Waals surface area contributed by atoms with Crippen molar-refractivity contribution in [3.63, 3.8) is 0 Å². The Bertz CT molecular complexity index is 448. The Morgan fingerprint density at radius 1 is 0.913 bits per heavy atom. The molecule has 23 heavy (non-hydrogen) atoms. The van der Waals surface area contributed by atoms with E-state index in [1.165, 1.54) is 0 Å². The van der Waals surface area contributed by atoms with E-state index in [2.05, 4.69) is 20.1 Å². The van der Waals surface area contributed by atoms with Crippen LogP contribution >= 0.6 is 0 Å². The summed E-state index contributed by atoms with van der Waals surface area (Å²) in [6, 6.07) is -2.57. The number of amides is 2. The molecule has 0 aromatic heterocycles. The summed E-state index contributed by atoms with van der Waals surface area (Å²) in [5, 5.41) is 22.6. The number of esters is 2. The van der Waals surface area contributed by atoms with Crippen LogP contribution in [0.3, 0.4) is 0 Å². The Hall–Kier alpha value is -2.20. The molecule has 10 heteroatoms. The molecule has 1 rings (SSSR count). The zero-order chi connectivity index (χ0) is 17.6. The number of rotatable bonds is 8. The monoisotopic (exact) mass is 332 g/mol. The fourth-order valence-corrected chi connectivity index (χ4v) is 1.92. The number of ether oxygens (including phenoxy) is 2. The standard InChI is InChI=1S/C13H20N2O8/c1-22-9(18)7(5-16)14-11(20)13(3-4-13)12(21)15-8(6-17)10(19)23-2/h7-8,16-17H,3-6H2,1-2H3,(H,14,20)(H,15,21)/t7-,8+. The van der Waals surface area contributed by atoms with Crippen molar-refractivity contribution in [3.8, 4) is 0 Å². The average molecular weight is 332 g/mol. The SMILES string of the molecule is COC(=O)[C@H](CO)NC(=O)C1(C(=O)N[C@H](CO)C(=O)OC)CC1. The molecule has 0 radical (unpaired) electrons. The summed E-state index contributed by atoms with van der Waals surface area (Å²) in [5.74, 6) is -3.22. The lowest BCUT2D eigenvalue weighted by atomic mass is 10.0. The van der Waals surface area contributed by atoms with E-state index in [0.29, 0.717) is 0 Å². The smallest absolute Gasteiger partial charge is 0.330 e. The summed E-state index contributed by atoms with van der Waals surface area (Å²) < 4.78 is 8.83. The van der Waals surface area contributed by atoms with Crippen molar-refractivity contribution >= 4 is 23.8 Å². The van der Waals surface area contributed by atoms with E-state index in [1.807, 2.05) is 0 Å². The Labute approximate surface area is 132 Å². The van der Waals surface area contributed by atoms with Crippen LogP contribution in [-0.4, -0.2) is 73.5 Å². The lowest BCUT2D eigenvalue weighted by Gasteiger charge is -2.21. The van der Waals surface area contributed by atoms with Gasteiger partial charge in [0.1, 0.15) is 5.41 Å². The molecule has 1 aliphatic rings. The largest absolute Gasteiger partial charge is 0.467 e. The molecule has 1 saturated carbocycles. The second-order valence-electron chi connectivity index (χ2n) is 5.05. The van der Waals surface area contributed by atoms with Crippen LogP contribution < -0.4 is 10.6 Å². The van der Waals surface area contributed by atoms with Crippen LogP contribution in [0.4, 0.5) is 0 Å². The number of carbonyl (C=O) groups is 4. The van der Waals surface area contributed by atoms with Gasteiger partial charge < -0.3 is 30.3 Å². The molecular weight excluding hydrogens is 312 g/mol.